The summed E-state index contributed by atoms with van der Waals surface area (Å²) in [6.45, 7) is 0. The Morgan fingerprint density at radius 2 is 1.41 bits per heavy atom. The molecule has 0 saturated heterocycles. The lowest BCUT2D eigenvalue weighted by Crippen LogP contribution is -1.98. The second kappa shape index (κ2) is 10.9. The second-order valence-electron chi connectivity index (χ2n) is 6.05. The molecule has 0 aliphatic heterocycles. The Morgan fingerprint density at radius 3 is 1.91 bits per heavy atom. The number of para-hydroxylation sites is 2. The molecule has 0 saturated carbocycles. The Labute approximate surface area is 190 Å². The van der Waals surface area contributed by atoms with Crippen molar-refractivity contribution in [3.63, 3.8) is 0 Å². The maximum atomic E-state index is 11.0. The van der Waals surface area contributed by atoms with Crippen LogP contribution < -0.4 is 9.47 Å². The van der Waals surface area contributed by atoms with Gasteiger partial charge in [-0.15, -0.1) is 0 Å². The van der Waals surface area contributed by atoms with Crippen molar-refractivity contribution in [2.75, 3.05) is 14.2 Å². The molecule has 0 atom stereocenters. The molecule has 3 aromatic rings. The van der Waals surface area contributed by atoms with Gasteiger partial charge in [0.25, 0.3) is 0 Å². The van der Waals surface area contributed by atoms with Gasteiger partial charge in [-0.3, -0.25) is 20.2 Å². The summed E-state index contributed by atoms with van der Waals surface area (Å²) in [7, 11) is 2.74. The van der Waals surface area contributed by atoms with Crippen LogP contribution in [-0.4, -0.2) is 35.1 Å². The summed E-state index contributed by atoms with van der Waals surface area (Å²) in [5.74, 6) is -0.696. The van der Waals surface area contributed by atoms with E-state index in [9.17, 15) is 25.0 Å². The van der Waals surface area contributed by atoms with Crippen molar-refractivity contribution >= 4 is 33.3 Å². The molecule has 0 aliphatic carbocycles. The van der Waals surface area contributed by atoms with Crippen molar-refractivity contribution in [3.05, 3.63) is 90.9 Å². The summed E-state index contributed by atoms with van der Waals surface area (Å²) in [6.07, 6.45) is 0. The average Bonchev–Trinajstić information content (AvgIpc) is 2.78. The number of hydrogen-bond donors (Lipinski definition) is 1. The Morgan fingerprint density at radius 1 is 0.875 bits per heavy atom. The molecule has 0 aromatic heterocycles. The van der Waals surface area contributed by atoms with E-state index >= 15 is 0 Å². The van der Waals surface area contributed by atoms with Crippen molar-refractivity contribution in [1.82, 2.24) is 0 Å². The van der Waals surface area contributed by atoms with Crippen LogP contribution in [0.25, 0.3) is 11.1 Å². The quantitative estimate of drug-likeness (QED) is 0.350. The van der Waals surface area contributed by atoms with Gasteiger partial charge in [-0.05, 0) is 39.7 Å². The molecule has 1 N–H and O–H groups in total. The van der Waals surface area contributed by atoms with Crippen LogP contribution in [0, 0.1) is 20.2 Å². The first-order valence-electron chi connectivity index (χ1n) is 8.83. The van der Waals surface area contributed by atoms with Gasteiger partial charge >= 0.3 is 17.3 Å². The van der Waals surface area contributed by atoms with Gasteiger partial charge < -0.3 is 14.6 Å². The SMILES string of the molecule is COc1c(-c2cccc(C(=O)O)c2)cccc1[N+](=O)[O-].COc1c(Br)cccc1[N+](=O)[O-]. The number of ether oxygens (including phenoxy) is 2. The molecule has 0 heterocycles. The van der Waals surface area contributed by atoms with Gasteiger partial charge in [0.15, 0.2) is 0 Å². The van der Waals surface area contributed by atoms with E-state index in [4.69, 9.17) is 14.6 Å². The van der Waals surface area contributed by atoms with Gasteiger partial charge in [0.2, 0.25) is 11.5 Å². The third-order valence-electron chi connectivity index (χ3n) is 4.16. The lowest BCUT2D eigenvalue weighted by molar-refractivity contribution is -0.385. The number of methoxy groups -OCH3 is 2. The van der Waals surface area contributed by atoms with Crippen LogP contribution >= 0.6 is 15.9 Å². The number of carboxylic acid groups (broad SMARTS) is 1. The number of aromatic carboxylic acids is 1. The zero-order valence-electron chi connectivity index (χ0n) is 16.9. The maximum Gasteiger partial charge on any atom is 0.335 e. The summed E-state index contributed by atoms with van der Waals surface area (Å²) in [5, 5.41) is 30.4. The topological polar surface area (TPSA) is 142 Å². The first-order valence-corrected chi connectivity index (χ1v) is 9.62. The highest BCUT2D eigenvalue weighted by Crippen LogP contribution is 2.37. The Hall–Kier alpha value is -3.99. The van der Waals surface area contributed by atoms with E-state index in [2.05, 4.69) is 15.9 Å². The summed E-state index contributed by atoms with van der Waals surface area (Å²) >= 11 is 3.15. The third kappa shape index (κ3) is 5.58. The molecule has 0 spiro atoms. The van der Waals surface area contributed by atoms with Gasteiger partial charge in [0.1, 0.15) is 0 Å². The average molecular weight is 505 g/mol. The summed E-state index contributed by atoms with van der Waals surface area (Å²) in [6, 6.07) is 15.3. The van der Waals surface area contributed by atoms with Crippen molar-refractivity contribution < 1.29 is 29.2 Å². The van der Waals surface area contributed by atoms with Gasteiger partial charge in [-0.2, -0.15) is 0 Å². The van der Waals surface area contributed by atoms with Crippen molar-refractivity contribution in [1.29, 1.82) is 0 Å². The number of rotatable bonds is 6. The number of hydrogen-bond acceptors (Lipinski definition) is 7. The largest absolute Gasteiger partial charge is 0.490 e. The van der Waals surface area contributed by atoms with Crippen LogP contribution in [0.15, 0.2) is 65.1 Å². The minimum Gasteiger partial charge on any atom is -0.490 e. The van der Waals surface area contributed by atoms with E-state index in [1.165, 1.54) is 44.6 Å². The zero-order chi connectivity index (χ0) is 23.8. The fourth-order valence-electron chi connectivity index (χ4n) is 2.77. The van der Waals surface area contributed by atoms with Crippen molar-refractivity contribution in [3.8, 4) is 22.6 Å². The number of benzene rings is 3. The fourth-order valence-corrected chi connectivity index (χ4v) is 3.29. The molecule has 166 valence electrons. The molecule has 32 heavy (non-hydrogen) atoms. The van der Waals surface area contributed by atoms with Crippen molar-refractivity contribution in [2.45, 2.75) is 0 Å². The highest BCUT2D eigenvalue weighted by Gasteiger charge is 2.19. The van der Waals surface area contributed by atoms with Crippen LogP contribution in [0.4, 0.5) is 11.4 Å². The number of halogens is 1. The van der Waals surface area contributed by atoms with E-state index in [0.717, 1.165) is 0 Å². The standard InChI is InChI=1S/C14H11NO5.C7H6BrNO3/c1-20-13-11(6-3-7-12(13)15(18)19)9-4-2-5-10(8-9)14(16)17;1-12-7-5(8)3-2-4-6(7)9(10)11/h2-8H,1H3,(H,16,17);2-4H,1H3. The van der Waals surface area contributed by atoms with E-state index < -0.39 is 15.8 Å². The van der Waals surface area contributed by atoms with Crippen LogP contribution in [0.3, 0.4) is 0 Å². The Bertz CT molecular complexity index is 1170. The minimum absolute atomic E-state index is 0.0353. The molecule has 0 radical (unpaired) electrons. The Balaban J connectivity index is 0.000000258. The van der Waals surface area contributed by atoms with Crippen LogP contribution in [0.1, 0.15) is 10.4 Å². The molecule has 0 bridgehead atoms. The van der Waals surface area contributed by atoms with Crippen molar-refractivity contribution in [2.24, 2.45) is 0 Å². The molecule has 0 aliphatic rings. The number of carbonyl (C=O) groups is 1. The highest BCUT2D eigenvalue weighted by atomic mass is 79.9. The summed E-state index contributed by atoms with van der Waals surface area (Å²) < 4.78 is 10.5. The normalized spacial score (nSPS) is 9.84. The van der Waals surface area contributed by atoms with E-state index in [-0.39, 0.29) is 28.4 Å². The minimum atomic E-state index is -1.06. The van der Waals surface area contributed by atoms with Gasteiger partial charge in [0.05, 0.1) is 34.1 Å². The van der Waals surface area contributed by atoms with E-state index in [1.54, 1.807) is 30.3 Å². The molecule has 0 amide bonds. The van der Waals surface area contributed by atoms with Crippen LogP contribution in [0.2, 0.25) is 0 Å². The van der Waals surface area contributed by atoms with E-state index in [0.29, 0.717) is 15.6 Å². The predicted molar refractivity (Wildman–Crippen MR) is 119 cm³/mol. The first kappa shape index (κ1) is 24.3. The lowest BCUT2D eigenvalue weighted by atomic mass is 10.0. The van der Waals surface area contributed by atoms with Gasteiger partial charge in [-0.25, -0.2) is 4.79 Å². The highest BCUT2D eigenvalue weighted by molar-refractivity contribution is 9.10. The third-order valence-corrected chi connectivity index (χ3v) is 4.79. The molecular formula is C21H17BrN2O8. The summed E-state index contributed by atoms with van der Waals surface area (Å²) in [5.41, 5.74) is 0.934. The number of nitrogens with zero attached hydrogens (tertiary/aromatic N) is 2. The van der Waals surface area contributed by atoms with Gasteiger partial charge in [-0.1, -0.05) is 30.3 Å². The lowest BCUT2D eigenvalue weighted by Gasteiger charge is -2.09. The second-order valence-corrected chi connectivity index (χ2v) is 6.90. The molecule has 0 unspecified atom stereocenters. The molecule has 0 fully saturated rings. The first-order chi connectivity index (χ1) is 15.2. The smallest absolute Gasteiger partial charge is 0.335 e. The van der Waals surface area contributed by atoms with Crippen LogP contribution in [-0.2, 0) is 0 Å². The number of nitro groups is 2. The molecule has 11 heteroatoms. The van der Waals surface area contributed by atoms with Crippen LogP contribution in [0.5, 0.6) is 11.5 Å². The predicted octanol–water partition coefficient (Wildman–Crippen LogP) is 5.33. The number of nitro benzene ring substituents is 2. The monoisotopic (exact) mass is 504 g/mol. The summed E-state index contributed by atoms with van der Waals surface area (Å²) in [4.78, 5) is 31.4. The molecule has 3 aromatic carbocycles. The zero-order valence-corrected chi connectivity index (χ0v) is 18.4. The number of carboxylic acids is 1. The fraction of sp³-hybridized carbons (Fsp3) is 0.0952. The molecule has 3 rings (SSSR count). The molecular weight excluding hydrogens is 488 g/mol. The maximum absolute atomic E-state index is 11.0. The van der Waals surface area contributed by atoms with Gasteiger partial charge in [0, 0.05) is 17.7 Å². The van der Waals surface area contributed by atoms with E-state index in [1.807, 2.05) is 0 Å². The molecule has 10 nitrogen and oxygen atoms in total. The Kier molecular flexibility index (Phi) is 8.24.